The Kier molecular flexibility index (Phi) is 2.61. The van der Waals surface area contributed by atoms with Crippen LogP contribution < -0.4 is 5.73 Å². The molecule has 0 bridgehead atoms. The summed E-state index contributed by atoms with van der Waals surface area (Å²) in [7, 11) is 2.10. The highest BCUT2D eigenvalue weighted by Gasteiger charge is 2.26. The zero-order valence-corrected chi connectivity index (χ0v) is 8.96. The predicted octanol–water partition coefficient (Wildman–Crippen LogP) is 1.91. The Morgan fingerprint density at radius 3 is 2.93 bits per heavy atom. The van der Waals surface area contributed by atoms with Crippen molar-refractivity contribution in [1.29, 1.82) is 0 Å². The molecule has 1 aromatic rings. The molecule has 0 spiro atoms. The van der Waals surface area contributed by atoms with Gasteiger partial charge in [-0.1, -0.05) is 11.6 Å². The largest absolute Gasteiger partial charge is 0.384 e. The molecule has 0 radical (unpaired) electrons. The van der Waals surface area contributed by atoms with E-state index in [9.17, 15) is 0 Å². The molecule has 0 atom stereocenters. The first-order valence-electron chi connectivity index (χ1n) is 4.78. The summed E-state index contributed by atoms with van der Waals surface area (Å²) in [5.41, 5.74) is 6.48. The minimum absolute atomic E-state index is 0.536. The first-order chi connectivity index (χ1) is 6.66. The van der Waals surface area contributed by atoms with Crippen LogP contribution in [0.3, 0.4) is 0 Å². The molecule has 0 amide bonds. The van der Waals surface area contributed by atoms with Gasteiger partial charge in [0.05, 0.1) is 10.7 Å². The zero-order valence-electron chi connectivity index (χ0n) is 8.20. The van der Waals surface area contributed by atoms with Gasteiger partial charge in [0.15, 0.2) is 0 Å². The number of pyridine rings is 1. The van der Waals surface area contributed by atoms with E-state index in [0.717, 1.165) is 12.2 Å². The van der Waals surface area contributed by atoms with Crippen molar-refractivity contribution in [1.82, 2.24) is 9.88 Å². The summed E-state index contributed by atoms with van der Waals surface area (Å²) in [6, 6.07) is 4.25. The second-order valence-electron chi connectivity index (χ2n) is 3.81. The SMILES string of the molecule is CN(Cc1nc(N)ccc1Cl)C1CC1. The van der Waals surface area contributed by atoms with E-state index < -0.39 is 0 Å². The third-order valence-corrected chi connectivity index (χ3v) is 2.85. The van der Waals surface area contributed by atoms with Crippen molar-refractivity contribution in [2.75, 3.05) is 12.8 Å². The van der Waals surface area contributed by atoms with Crippen LogP contribution >= 0.6 is 11.6 Å². The average molecular weight is 212 g/mol. The quantitative estimate of drug-likeness (QED) is 0.831. The van der Waals surface area contributed by atoms with Crippen molar-refractivity contribution in [2.24, 2.45) is 0 Å². The van der Waals surface area contributed by atoms with Crippen LogP contribution in [0.5, 0.6) is 0 Å². The second-order valence-corrected chi connectivity index (χ2v) is 4.22. The van der Waals surface area contributed by atoms with Gasteiger partial charge in [0.2, 0.25) is 0 Å². The summed E-state index contributed by atoms with van der Waals surface area (Å²) in [6.07, 6.45) is 2.58. The van der Waals surface area contributed by atoms with Crippen LogP contribution in [0.2, 0.25) is 5.02 Å². The molecule has 3 nitrogen and oxygen atoms in total. The third kappa shape index (κ3) is 2.16. The Balaban J connectivity index is 2.10. The lowest BCUT2D eigenvalue weighted by Crippen LogP contribution is -2.21. The molecule has 0 unspecified atom stereocenters. The molecule has 1 aromatic heterocycles. The molecular weight excluding hydrogens is 198 g/mol. The summed E-state index contributed by atoms with van der Waals surface area (Å²) in [5.74, 6) is 0.536. The van der Waals surface area contributed by atoms with Crippen LogP contribution in [0, 0.1) is 0 Å². The number of nitrogens with two attached hydrogens (primary N) is 1. The number of halogens is 1. The smallest absolute Gasteiger partial charge is 0.123 e. The molecule has 76 valence electrons. The minimum Gasteiger partial charge on any atom is -0.384 e. The van der Waals surface area contributed by atoms with E-state index in [-0.39, 0.29) is 0 Å². The van der Waals surface area contributed by atoms with Gasteiger partial charge < -0.3 is 5.73 Å². The number of nitrogen functional groups attached to an aromatic ring is 1. The molecule has 0 saturated heterocycles. The maximum Gasteiger partial charge on any atom is 0.123 e. The van der Waals surface area contributed by atoms with Gasteiger partial charge in [-0.05, 0) is 32.0 Å². The molecule has 1 aliphatic carbocycles. The fraction of sp³-hybridized carbons (Fsp3) is 0.500. The standard InChI is InChI=1S/C10H14ClN3/c1-14(7-2-3-7)6-9-8(11)4-5-10(12)13-9/h4-5,7H,2-3,6H2,1H3,(H2,12,13). The van der Waals surface area contributed by atoms with Gasteiger partial charge in [0.25, 0.3) is 0 Å². The van der Waals surface area contributed by atoms with Crippen LogP contribution in [-0.4, -0.2) is 23.0 Å². The lowest BCUT2D eigenvalue weighted by Gasteiger charge is -2.15. The second kappa shape index (κ2) is 3.75. The molecule has 4 heteroatoms. The molecule has 1 fully saturated rings. The van der Waals surface area contributed by atoms with Crippen LogP contribution in [0.15, 0.2) is 12.1 Å². The van der Waals surface area contributed by atoms with Gasteiger partial charge >= 0.3 is 0 Å². The number of aromatic nitrogens is 1. The van der Waals surface area contributed by atoms with Crippen LogP contribution in [-0.2, 0) is 6.54 Å². The highest BCUT2D eigenvalue weighted by atomic mass is 35.5. The van der Waals surface area contributed by atoms with E-state index in [1.165, 1.54) is 12.8 Å². The molecule has 2 rings (SSSR count). The van der Waals surface area contributed by atoms with Crippen molar-refractivity contribution in [2.45, 2.75) is 25.4 Å². The monoisotopic (exact) mass is 211 g/mol. The molecule has 2 N–H and O–H groups in total. The first-order valence-corrected chi connectivity index (χ1v) is 5.16. The molecule has 0 aromatic carbocycles. The topological polar surface area (TPSA) is 42.2 Å². The van der Waals surface area contributed by atoms with Crippen LogP contribution in [0.25, 0.3) is 0 Å². The molecule has 14 heavy (non-hydrogen) atoms. The molecular formula is C10H14ClN3. The first kappa shape index (κ1) is 9.74. The van der Waals surface area contributed by atoms with E-state index >= 15 is 0 Å². The summed E-state index contributed by atoms with van der Waals surface area (Å²) in [6.45, 7) is 0.786. The Hall–Kier alpha value is -0.800. The minimum atomic E-state index is 0.536. The van der Waals surface area contributed by atoms with Crippen molar-refractivity contribution >= 4 is 17.4 Å². The van der Waals surface area contributed by atoms with Gasteiger partial charge in [-0.3, -0.25) is 4.90 Å². The van der Waals surface area contributed by atoms with Crippen LogP contribution in [0.1, 0.15) is 18.5 Å². The van der Waals surface area contributed by atoms with E-state index in [2.05, 4.69) is 16.9 Å². The third-order valence-electron chi connectivity index (χ3n) is 2.51. The fourth-order valence-electron chi connectivity index (χ4n) is 1.49. The molecule has 1 aliphatic rings. The fourth-order valence-corrected chi connectivity index (χ4v) is 1.66. The number of hydrogen-bond acceptors (Lipinski definition) is 3. The maximum atomic E-state index is 6.02. The number of nitrogens with zero attached hydrogens (tertiary/aromatic N) is 2. The van der Waals surface area contributed by atoms with Crippen molar-refractivity contribution < 1.29 is 0 Å². The Labute approximate surface area is 88.9 Å². The number of anilines is 1. The maximum absolute atomic E-state index is 6.02. The Morgan fingerprint density at radius 1 is 1.57 bits per heavy atom. The highest BCUT2D eigenvalue weighted by Crippen LogP contribution is 2.27. The average Bonchev–Trinajstić information content (AvgIpc) is 2.94. The normalized spacial score (nSPS) is 16.2. The zero-order chi connectivity index (χ0) is 10.1. The lowest BCUT2D eigenvalue weighted by atomic mass is 10.3. The number of rotatable bonds is 3. The summed E-state index contributed by atoms with van der Waals surface area (Å²) < 4.78 is 0. The number of hydrogen-bond donors (Lipinski definition) is 1. The Bertz CT molecular complexity index is 336. The van der Waals surface area contributed by atoms with Gasteiger partial charge in [-0.25, -0.2) is 4.98 Å². The van der Waals surface area contributed by atoms with Gasteiger partial charge in [-0.2, -0.15) is 0 Å². The molecule has 0 aliphatic heterocycles. The summed E-state index contributed by atoms with van der Waals surface area (Å²) >= 11 is 6.02. The summed E-state index contributed by atoms with van der Waals surface area (Å²) in [5, 5.41) is 0.701. The van der Waals surface area contributed by atoms with E-state index in [1.807, 2.05) is 0 Å². The van der Waals surface area contributed by atoms with E-state index in [0.29, 0.717) is 16.9 Å². The van der Waals surface area contributed by atoms with Gasteiger partial charge in [-0.15, -0.1) is 0 Å². The Morgan fingerprint density at radius 2 is 2.29 bits per heavy atom. The van der Waals surface area contributed by atoms with Crippen molar-refractivity contribution in [3.05, 3.63) is 22.8 Å². The van der Waals surface area contributed by atoms with Crippen LogP contribution in [0.4, 0.5) is 5.82 Å². The molecule has 1 saturated carbocycles. The highest BCUT2D eigenvalue weighted by molar-refractivity contribution is 6.31. The van der Waals surface area contributed by atoms with Gasteiger partial charge in [0, 0.05) is 12.6 Å². The lowest BCUT2D eigenvalue weighted by molar-refractivity contribution is 0.313. The summed E-state index contributed by atoms with van der Waals surface area (Å²) in [4.78, 5) is 6.50. The predicted molar refractivity (Wildman–Crippen MR) is 58.1 cm³/mol. The van der Waals surface area contributed by atoms with Crippen molar-refractivity contribution in [3.8, 4) is 0 Å². The molecule has 1 heterocycles. The van der Waals surface area contributed by atoms with Crippen molar-refractivity contribution in [3.63, 3.8) is 0 Å². The van der Waals surface area contributed by atoms with E-state index in [1.54, 1.807) is 12.1 Å². The van der Waals surface area contributed by atoms with Gasteiger partial charge in [0.1, 0.15) is 5.82 Å². The van der Waals surface area contributed by atoms with E-state index in [4.69, 9.17) is 17.3 Å².